The summed E-state index contributed by atoms with van der Waals surface area (Å²) in [6.45, 7) is 12.8. The van der Waals surface area contributed by atoms with Crippen LogP contribution in [0.1, 0.15) is 47.0 Å². The number of nitrogens with one attached hydrogen (secondary N) is 1. The average Bonchev–Trinajstić information content (AvgIpc) is 2.50. The van der Waals surface area contributed by atoms with E-state index in [2.05, 4.69) is 45.0 Å². The van der Waals surface area contributed by atoms with Gasteiger partial charge in [-0.15, -0.1) is 0 Å². The average molecular weight is 212 g/mol. The molecular weight excluding hydrogens is 184 g/mol. The lowest BCUT2D eigenvalue weighted by Gasteiger charge is -2.36. The Bertz CT molecular complexity index is 187. The highest BCUT2D eigenvalue weighted by molar-refractivity contribution is 4.94. The normalized spacial score (nSPS) is 27.6. The van der Waals surface area contributed by atoms with Crippen molar-refractivity contribution >= 4 is 0 Å². The molecule has 1 heterocycles. The van der Waals surface area contributed by atoms with Crippen LogP contribution in [-0.2, 0) is 0 Å². The molecule has 15 heavy (non-hydrogen) atoms. The molecule has 0 spiro atoms. The maximum absolute atomic E-state index is 3.69. The second kappa shape index (κ2) is 4.84. The lowest BCUT2D eigenvalue weighted by atomic mass is 9.91. The van der Waals surface area contributed by atoms with Gasteiger partial charge in [-0.25, -0.2) is 0 Å². The lowest BCUT2D eigenvalue weighted by molar-refractivity contribution is 0.170. The molecule has 0 aromatic heterocycles. The summed E-state index contributed by atoms with van der Waals surface area (Å²) >= 11 is 0. The molecule has 1 atom stereocenters. The van der Waals surface area contributed by atoms with Crippen LogP contribution < -0.4 is 5.32 Å². The van der Waals surface area contributed by atoms with Gasteiger partial charge in [-0.05, 0) is 38.3 Å². The second-order valence-electron chi connectivity index (χ2n) is 6.40. The maximum Gasteiger partial charge on any atom is 0.0306 e. The second-order valence-corrected chi connectivity index (χ2v) is 6.40. The van der Waals surface area contributed by atoms with Gasteiger partial charge in [0, 0.05) is 18.6 Å². The topological polar surface area (TPSA) is 15.3 Å². The first-order valence-electron chi connectivity index (χ1n) is 6.30. The molecule has 0 aromatic carbocycles. The molecule has 0 saturated carbocycles. The number of likely N-dealkylation sites (N-methyl/N-ethyl adjacent to an activating group) is 1. The third-order valence-electron chi connectivity index (χ3n) is 3.33. The molecule has 2 heteroatoms. The molecule has 0 radical (unpaired) electrons. The summed E-state index contributed by atoms with van der Waals surface area (Å²) in [5.74, 6) is 0. The Morgan fingerprint density at radius 2 is 2.00 bits per heavy atom. The summed E-state index contributed by atoms with van der Waals surface area (Å²) in [6, 6.07) is 0. The van der Waals surface area contributed by atoms with Crippen molar-refractivity contribution in [2.75, 3.05) is 26.7 Å². The molecule has 1 fully saturated rings. The number of nitrogens with zero attached hydrogens (tertiary/aromatic N) is 1. The van der Waals surface area contributed by atoms with Gasteiger partial charge in [-0.3, -0.25) is 0 Å². The molecular formula is C13H28N2. The van der Waals surface area contributed by atoms with E-state index in [1.54, 1.807) is 0 Å². The van der Waals surface area contributed by atoms with Gasteiger partial charge >= 0.3 is 0 Å². The Hall–Kier alpha value is -0.0800. The molecule has 0 amide bonds. The molecule has 0 aliphatic carbocycles. The quantitative estimate of drug-likeness (QED) is 0.770. The molecule has 1 rings (SSSR count). The van der Waals surface area contributed by atoms with E-state index in [0.29, 0.717) is 11.0 Å². The third-order valence-corrected chi connectivity index (χ3v) is 3.33. The van der Waals surface area contributed by atoms with Gasteiger partial charge in [0.2, 0.25) is 0 Å². The zero-order chi connectivity index (χ0) is 11.5. The summed E-state index contributed by atoms with van der Waals surface area (Å²) < 4.78 is 0. The van der Waals surface area contributed by atoms with E-state index in [0.717, 1.165) is 0 Å². The van der Waals surface area contributed by atoms with Gasteiger partial charge in [-0.2, -0.15) is 0 Å². The van der Waals surface area contributed by atoms with Crippen molar-refractivity contribution in [3.63, 3.8) is 0 Å². The van der Waals surface area contributed by atoms with Gasteiger partial charge in [-0.1, -0.05) is 27.7 Å². The molecule has 1 aliphatic heterocycles. The molecule has 90 valence electrons. The zero-order valence-electron chi connectivity index (χ0n) is 11.2. The van der Waals surface area contributed by atoms with Crippen LogP contribution in [0.5, 0.6) is 0 Å². The monoisotopic (exact) mass is 212 g/mol. The van der Waals surface area contributed by atoms with E-state index in [1.165, 1.54) is 38.9 Å². The van der Waals surface area contributed by atoms with Gasteiger partial charge < -0.3 is 10.2 Å². The van der Waals surface area contributed by atoms with Crippen LogP contribution in [-0.4, -0.2) is 37.1 Å². The SMILES string of the molecule is CCC1(CN(C)CC(C)(C)C)CCCN1. The minimum atomic E-state index is 0.403. The summed E-state index contributed by atoms with van der Waals surface area (Å²) in [5, 5.41) is 3.69. The predicted octanol–water partition coefficient (Wildman–Crippen LogP) is 2.50. The Labute approximate surface area is 95.4 Å². The van der Waals surface area contributed by atoms with Crippen LogP contribution in [0, 0.1) is 5.41 Å². The van der Waals surface area contributed by atoms with Gasteiger partial charge in [0.15, 0.2) is 0 Å². The Balaban J connectivity index is 2.45. The molecule has 1 unspecified atom stereocenters. The highest BCUT2D eigenvalue weighted by atomic mass is 15.2. The first kappa shape index (κ1) is 13.0. The molecule has 0 bridgehead atoms. The van der Waals surface area contributed by atoms with Crippen molar-refractivity contribution in [1.29, 1.82) is 0 Å². The van der Waals surface area contributed by atoms with E-state index in [-0.39, 0.29) is 0 Å². The molecule has 1 aliphatic rings. The van der Waals surface area contributed by atoms with Gasteiger partial charge in [0.25, 0.3) is 0 Å². The van der Waals surface area contributed by atoms with Crippen LogP contribution in [0.25, 0.3) is 0 Å². The first-order chi connectivity index (χ1) is 6.87. The Morgan fingerprint density at radius 1 is 1.33 bits per heavy atom. The first-order valence-corrected chi connectivity index (χ1v) is 6.30. The molecule has 2 nitrogen and oxygen atoms in total. The van der Waals surface area contributed by atoms with Crippen molar-refractivity contribution in [3.05, 3.63) is 0 Å². The maximum atomic E-state index is 3.69. The highest BCUT2D eigenvalue weighted by Gasteiger charge is 2.33. The zero-order valence-corrected chi connectivity index (χ0v) is 11.2. The fraction of sp³-hybridized carbons (Fsp3) is 1.00. The van der Waals surface area contributed by atoms with Crippen LogP contribution in [0.3, 0.4) is 0 Å². The van der Waals surface area contributed by atoms with Crippen LogP contribution in [0.2, 0.25) is 0 Å². The highest BCUT2D eigenvalue weighted by Crippen LogP contribution is 2.25. The van der Waals surface area contributed by atoms with Crippen LogP contribution in [0.4, 0.5) is 0 Å². The lowest BCUT2D eigenvalue weighted by Crippen LogP contribution is -2.49. The van der Waals surface area contributed by atoms with Crippen LogP contribution >= 0.6 is 0 Å². The van der Waals surface area contributed by atoms with Gasteiger partial charge in [0.1, 0.15) is 0 Å². The fourth-order valence-corrected chi connectivity index (χ4v) is 2.80. The summed E-state index contributed by atoms with van der Waals surface area (Å²) in [7, 11) is 2.25. The summed E-state index contributed by atoms with van der Waals surface area (Å²) in [4.78, 5) is 2.49. The van der Waals surface area contributed by atoms with Crippen molar-refractivity contribution in [2.45, 2.75) is 52.5 Å². The largest absolute Gasteiger partial charge is 0.310 e. The Morgan fingerprint density at radius 3 is 2.40 bits per heavy atom. The molecule has 1 saturated heterocycles. The van der Waals surface area contributed by atoms with Crippen molar-refractivity contribution < 1.29 is 0 Å². The van der Waals surface area contributed by atoms with E-state index in [4.69, 9.17) is 0 Å². The van der Waals surface area contributed by atoms with Crippen molar-refractivity contribution in [2.24, 2.45) is 5.41 Å². The van der Waals surface area contributed by atoms with E-state index in [9.17, 15) is 0 Å². The fourth-order valence-electron chi connectivity index (χ4n) is 2.80. The molecule has 0 aromatic rings. The standard InChI is InChI=1S/C13H28N2/c1-6-13(8-7-9-14-13)11-15(5)10-12(2,3)4/h14H,6-11H2,1-5H3. The van der Waals surface area contributed by atoms with Crippen molar-refractivity contribution in [1.82, 2.24) is 10.2 Å². The van der Waals surface area contributed by atoms with Crippen molar-refractivity contribution in [3.8, 4) is 0 Å². The predicted molar refractivity (Wildman–Crippen MR) is 67.2 cm³/mol. The summed E-state index contributed by atoms with van der Waals surface area (Å²) in [5.41, 5.74) is 0.808. The van der Waals surface area contributed by atoms with E-state index in [1.807, 2.05) is 0 Å². The summed E-state index contributed by atoms with van der Waals surface area (Å²) in [6.07, 6.45) is 3.94. The third kappa shape index (κ3) is 4.12. The van der Waals surface area contributed by atoms with Crippen LogP contribution in [0.15, 0.2) is 0 Å². The Kier molecular flexibility index (Phi) is 4.19. The number of hydrogen-bond donors (Lipinski definition) is 1. The van der Waals surface area contributed by atoms with Gasteiger partial charge in [0.05, 0.1) is 0 Å². The smallest absolute Gasteiger partial charge is 0.0306 e. The number of rotatable bonds is 4. The van der Waals surface area contributed by atoms with E-state index >= 15 is 0 Å². The van der Waals surface area contributed by atoms with E-state index < -0.39 is 0 Å². The minimum Gasteiger partial charge on any atom is -0.310 e. The molecule has 1 N–H and O–H groups in total. The number of hydrogen-bond acceptors (Lipinski definition) is 2. The minimum absolute atomic E-state index is 0.403.